The molecule has 1 heterocycles. The lowest BCUT2D eigenvalue weighted by atomic mass is 9.95. The molecule has 1 aliphatic heterocycles. The van der Waals surface area contributed by atoms with Crippen LogP contribution in [0.3, 0.4) is 0 Å². The monoisotopic (exact) mass is 375 g/mol. The summed E-state index contributed by atoms with van der Waals surface area (Å²) in [7, 11) is 1.63. The second kappa shape index (κ2) is 7.04. The molecule has 23 heavy (non-hydrogen) atoms. The maximum absolute atomic E-state index is 12.4. The minimum atomic E-state index is -0.183. The van der Waals surface area contributed by atoms with Crippen molar-refractivity contribution in [2.24, 2.45) is 5.92 Å². The summed E-state index contributed by atoms with van der Waals surface area (Å²) in [4.78, 5) is 12.4. The van der Waals surface area contributed by atoms with Gasteiger partial charge in [-0.1, -0.05) is 34.1 Å². The lowest BCUT2D eigenvalue weighted by Crippen LogP contribution is -2.37. The van der Waals surface area contributed by atoms with Gasteiger partial charge in [0.1, 0.15) is 18.1 Å². The molecule has 0 fully saturated rings. The van der Waals surface area contributed by atoms with Crippen molar-refractivity contribution < 1.29 is 14.3 Å². The Morgan fingerprint density at radius 3 is 2.96 bits per heavy atom. The molecule has 0 saturated heterocycles. The van der Waals surface area contributed by atoms with Crippen LogP contribution in [-0.2, 0) is 17.8 Å². The first-order valence-electron chi connectivity index (χ1n) is 7.48. The summed E-state index contributed by atoms with van der Waals surface area (Å²) in [5, 5.41) is 2.99. The summed E-state index contributed by atoms with van der Waals surface area (Å²) in [5.74, 6) is 1.44. The molecule has 1 atom stereocenters. The van der Waals surface area contributed by atoms with Gasteiger partial charge in [-0.05, 0) is 41.8 Å². The molecule has 4 nitrogen and oxygen atoms in total. The molecular weight excluding hydrogens is 358 g/mol. The highest BCUT2D eigenvalue weighted by atomic mass is 79.9. The third-order valence-electron chi connectivity index (χ3n) is 3.96. The van der Waals surface area contributed by atoms with E-state index in [1.54, 1.807) is 7.11 Å². The molecular formula is C18H18BrNO3. The van der Waals surface area contributed by atoms with Crippen LogP contribution in [0.4, 0.5) is 0 Å². The molecule has 120 valence electrons. The van der Waals surface area contributed by atoms with Gasteiger partial charge in [0, 0.05) is 11.0 Å². The highest BCUT2D eigenvalue weighted by Crippen LogP contribution is 2.30. The summed E-state index contributed by atoms with van der Waals surface area (Å²) >= 11 is 3.49. The fourth-order valence-corrected chi connectivity index (χ4v) is 3.06. The number of carbonyl (C=O) groups excluding carboxylic acids is 1. The van der Waals surface area contributed by atoms with Gasteiger partial charge in [-0.3, -0.25) is 4.79 Å². The maximum atomic E-state index is 12.4. The molecule has 0 bridgehead atoms. The normalized spacial score (nSPS) is 16.2. The van der Waals surface area contributed by atoms with Crippen LogP contribution < -0.4 is 14.8 Å². The lowest BCUT2D eigenvalue weighted by molar-refractivity contribution is -0.126. The first kappa shape index (κ1) is 15.9. The minimum Gasteiger partial charge on any atom is -0.497 e. The number of fused-ring (bicyclic) bond motifs is 1. The molecule has 0 spiro atoms. The molecule has 1 aliphatic rings. The van der Waals surface area contributed by atoms with E-state index < -0.39 is 0 Å². The summed E-state index contributed by atoms with van der Waals surface area (Å²) in [6.45, 7) is 0.906. The Kier molecular flexibility index (Phi) is 4.86. The van der Waals surface area contributed by atoms with Crippen LogP contribution in [-0.4, -0.2) is 19.6 Å². The van der Waals surface area contributed by atoms with E-state index in [-0.39, 0.29) is 11.8 Å². The minimum absolute atomic E-state index is 0.00854. The second-order valence-corrected chi connectivity index (χ2v) is 6.35. The largest absolute Gasteiger partial charge is 0.497 e. The number of halogens is 1. The Balaban J connectivity index is 1.63. The number of amides is 1. The van der Waals surface area contributed by atoms with Crippen LogP contribution in [0.5, 0.6) is 11.5 Å². The van der Waals surface area contributed by atoms with Crippen molar-refractivity contribution >= 4 is 21.8 Å². The van der Waals surface area contributed by atoms with Crippen molar-refractivity contribution in [2.45, 2.75) is 13.0 Å². The zero-order valence-corrected chi connectivity index (χ0v) is 14.4. The van der Waals surface area contributed by atoms with Gasteiger partial charge >= 0.3 is 0 Å². The fourth-order valence-electron chi connectivity index (χ4n) is 2.63. The van der Waals surface area contributed by atoms with Crippen LogP contribution in [0.15, 0.2) is 46.9 Å². The number of benzene rings is 2. The fraction of sp³-hybridized carbons (Fsp3) is 0.278. The van der Waals surface area contributed by atoms with Crippen molar-refractivity contribution in [3.63, 3.8) is 0 Å². The highest BCUT2D eigenvalue weighted by molar-refractivity contribution is 9.10. The molecule has 0 radical (unpaired) electrons. The SMILES string of the molecule is COc1ccc2c(c1)CC(C(=O)NCc1ccccc1Br)CO2. The molecule has 1 N–H and O–H groups in total. The van der Waals surface area contributed by atoms with Crippen molar-refractivity contribution in [2.75, 3.05) is 13.7 Å². The lowest BCUT2D eigenvalue weighted by Gasteiger charge is -2.25. The van der Waals surface area contributed by atoms with Gasteiger partial charge in [-0.2, -0.15) is 0 Å². The molecule has 2 aromatic carbocycles. The standard InChI is InChI=1S/C18H18BrNO3/c1-22-15-6-7-17-13(9-15)8-14(11-23-17)18(21)20-10-12-4-2-3-5-16(12)19/h2-7,9,14H,8,10-11H2,1H3,(H,20,21). The zero-order chi connectivity index (χ0) is 16.2. The molecule has 1 amide bonds. The molecule has 0 aliphatic carbocycles. The van der Waals surface area contributed by atoms with Crippen molar-refractivity contribution in [1.29, 1.82) is 0 Å². The maximum Gasteiger partial charge on any atom is 0.227 e. The van der Waals surface area contributed by atoms with Crippen LogP contribution in [0.2, 0.25) is 0 Å². The van der Waals surface area contributed by atoms with Gasteiger partial charge in [-0.15, -0.1) is 0 Å². The van der Waals surface area contributed by atoms with Crippen LogP contribution in [0.1, 0.15) is 11.1 Å². The van der Waals surface area contributed by atoms with Gasteiger partial charge < -0.3 is 14.8 Å². The first-order chi connectivity index (χ1) is 11.2. The Labute approximate surface area is 143 Å². The van der Waals surface area contributed by atoms with E-state index in [4.69, 9.17) is 9.47 Å². The van der Waals surface area contributed by atoms with Crippen molar-refractivity contribution in [3.05, 3.63) is 58.1 Å². The Bertz CT molecular complexity index is 717. The quantitative estimate of drug-likeness (QED) is 0.891. The number of hydrogen-bond acceptors (Lipinski definition) is 3. The van der Waals surface area contributed by atoms with Gasteiger partial charge in [-0.25, -0.2) is 0 Å². The van der Waals surface area contributed by atoms with Crippen LogP contribution in [0.25, 0.3) is 0 Å². The predicted molar refractivity (Wildman–Crippen MR) is 91.7 cm³/mol. The van der Waals surface area contributed by atoms with E-state index in [9.17, 15) is 4.79 Å². The first-order valence-corrected chi connectivity index (χ1v) is 8.27. The molecule has 0 aromatic heterocycles. The summed E-state index contributed by atoms with van der Waals surface area (Å²) in [5.41, 5.74) is 2.07. The average molecular weight is 376 g/mol. The van der Waals surface area contributed by atoms with Crippen LogP contribution in [0, 0.1) is 5.92 Å². The molecule has 1 unspecified atom stereocenters. The molecule has 5 heteroatoms. The van der Waals surface area contributed by atoms with Gasteiger partial charge in [0.2, 0.25) is 5.91 Å². The van der Waals surface area contributed by atoms with Crippen LogP contribution >= 0.6 is 15.9 Å². The van der Waals surface area contributed by atoms with Crippen molar-refractivity contribution in [3.8, 4) is 11.5 Å². The average Bonchev–Trinajstić information content (AvgIpc) is 2.59. The molecule has 0 saturated carbocycles. The summed E-state index contributed by atoms with van der Waals surface area (Å²) in [6.07, 6.45) is 0.661. The highest BCUT2D eigenvalue weighted by Gasteiger charge is 2.26. The van der Waals surface area contributed by atoms with E-state index >= 15 is 0 Å². The van der Waals surface area contributed by atoms with Gasteiger partial charge in [0.15, 0.2) is 0 Å². The number of nitrogens with one attached hydrogen (secondary N) is 1. The number of hydrogen-bond donors (Lipinski definition) is 1. The van der Waals surface area contributed by atoms with E-state index in [2.05, 4.69) is 21.2 Å². The van der Waals surface area contributed by atoms with E-state index in [1.807, 2.05) is 42.5 Å². The van der Waals surface area contributed by atoms with Gasteiger partial charge in [0.25, 0.3) is 0 Å². The number of methoxy groups -OCH3 is 1. The van der Waals surface area contributed by atoms with Gasteiger partial charge in [0.05, 0.1) is 13.0 Å². The summed E-state index contributed by atoms with van der Waals surface area (Å²) in [6, 6.07) is 13.6. The van der Waals surface area contributed by atoms with Crippen molar-refractivity contribution in [1.82, 2.24) is 5.32 Å². The zero-order valence-electron chi connectivity index (χ0n) is 12.8. The predicted octanol–water partition coefficient (Wildman–Crippen LogP) is 3.33. The van der Waals surface area contributed by atoms with E-state index in [0.717, 1.165) is 27.1 Å². The topological polar surface area (TPSA) is 47.6 Å². The molecule has 3 rings (SSSR count). The Hall–Kier alpha value is -2.01. The third-order valence-corrected chi connectivity index (χ3v) is 4.73. The smallest absolute Gasteiger partial charge is 0.227 e. The Morgan fingerprint density at radius 2 is 2.17 bits per heavy atom. The number of carbonyl (C=O) groups is 1. The third kappa shape index (κ3) is 3.67. The number of rotatable bonds is 4. The second-order valence-electron chi connectivity index (χ2n) is 5.49. The Morgan fingerprint density at radius 1 is 1.35 bits per heavy atom. The van der Waals surface area contributed by atoms with E-state index in [1.165, 1.54) is 0 Å². The number of ether oxygens (including phenoxy) is 2. The molecule has 2 aromatic rings. The van der Waals surface area contributed by atoms with E-state index in [0.29, 0.717) is 19.6 Å². The summed E-state index contributed by atoms with van der Waals surface area (Å²) < 4.78 is 11.9.